The summed E-state index contributed by atoms with van der Waals surface area (Å²) in [7, 11) is 0. The average molecular weight is 716 g/mol. The van der Waals surface area contributed by atoms with E-state index in [2.05, 4.69) is 17.6 Å². The zero-order valence-electron chi connectivity index (χ0n) is 30.8. The van der Waals surface area contributed by atoms with Crippen molar-refractivity contribution in [3.8, 4) is 0 Å². The molecule has 51 heavy (non-hydrogen) atoms. The van der Waals surface area contributed by atoms with Gasteiger partial charge in [0.05, 0.1) is 50.8 Å². The second-order valence-corrected chi connectivity index (χ2v) is 13.4. The lowest BCUT2D eigenvalue weighted by Crippen LogP contribution is -2.54. The molecule has 1 saturated heterocycles. The molecular formula is C39H61N3O9. The van der Waals surface area contributed by atoms with Crippen LogP contribution in [0.3, 0.4) is 0 Å². The molecule has 3 rings (SSSR count). The van der Waals surface area contributed by atoms with E-state index in [1.54, 1.807) is 18.2 Å². The van der Waals surface area contributed by atoms with Crippen LogP contribution in [0.15, 0.2) is 18.2 Å². The number of piperidine rings is 1. The number of imide groups is 2. The van der Waals surface area contributed by atoms with Gasteiger partial charge in [-0.2, -0.15) is 0 Å². The van der Waals surface area contributed by atoms with Crippen molar-refractivity contribution in [1.29, 1.82) is 0 Å². The van der Waals surface area contributed by atoms with Crippen LogP contribution in [-0.4, -0.2) is 93.3 Å². The number of fused-ring (bicyclic) bond motifs is 1. The van der Waals surface area contributed by atoms with Crippen molar-refractivity contribution in [3.05, 3.63) is 29.3 Å². The van der Waals surface area contributed by atoms with E-state index in [-0.39, 0.29) is 36.5 Å². The van der Waals surface area contributed by atoms with Crippen LogP contribution < -0.4 is 10.6 Å². The van der Waals surface area contributed by atoms with Crippen molar-refractivity contribution in [2.75, 3.05) is 58.1 Å². The SMILES string of the molecule is CCCCCCCCCCCCCCCCCC(=O)OCCOCCOCCOCCNc1cccc2c1C(=O)N(C1CCC(=O)NC1=O)C2=O. The number of benzene rings is 1. The van der Waals surface area contributed by atoms with E-state index in [1.165, 1.54) is 83.5 Å². The van der Waals surface area contributed by atoms with Crippen LogP contribution in [0.25, 0.3) is 0 Å². The number of hydrogen-bond donors (Lipinski definition) is 2. The Bertz CT molecular complexity index is 1220. The number of carbonyl (C=O) groups is 5. The predicted octanol–water partition coefficient (Wildman–Crippen LogP) is 6.35. The molecule has 286 valence electrons. The van der Waals surface area contributed by atoms with E-state index in [4.69, 9.17) is 18.9 Å². The number of hydrogen-bond acceptors (Lipinski definition) is 10. The molecule has 0 radical (unpaired) electrons. The van der Waals surface area contributed by atoms with E-state index in [1.807, 2.05) is 0 Å². The molecular weight excluding hydrogens is 654 g/mol. The van der Waals surface area contributed by atoms with Gasteiger partial charge in [-0.05, 0) is 25.0 Å². The molecule has 0 saturated carbocycles. The van der Waals surface area contributed by atoms with Gasteiger partial charge in [0.1, 0.15) is 12.6 Å². The summed E-state index contributed by atoms with van der Waals surface area (Å²) in [5, 5.41) is 5.33. The first-order valence-electron chi connectivity index (χ1n) is 19.4. The Morgan fingerprint density at radius 2 is 1.27 bits per heavy atom. The van der Waals surface area contributed by atoms with Crippen LogP contribution in [0.1, 0.15) is 143 Å². The molecule has 0 aliphatic carbocycles. The molecule has 4 amide bonds. The van der Waals surface area contributed by atoms with Gasteiger partial charge in [-0.15, -0.1) is 0 Å². The topological polar surface area (TPSA) is 150 Å². The van der Waals surface area contributed by atoms with Crippen molar-refractivity contribution in [3.63, 3.8) is 0 Å². The zero-order chi connectivity index (χ0) is 36.5. The monoisotopic (exact) mass is 715 g/mol. The third kappa shape index (κ3) is 15.8. The summed E-state index contributed by atoms with van der Waals surface area (Å²) >= 11 is 0. The molecule has 2 aliphatic heterocycles. The zero-order valence-corrected chi connectivity index (χ0v) is 30.8. The highest BCUT2D eigenvalue weighted by Crippen LogP contribution is 2.32. The third-order valence-electron chi connectivity index (χ3n) is 9.25. The van der Waals surface area contributed by atoms with Gasteiger partial charge in [-0.1, -0.05) is 103 Å². The summed E-state index contributed by atoms with van der Waals surface area (Å²) in [5.74, 6) is -2.32. The normalized spacial score (nSPS) is 15.7. The number of esters is 1. The number of carbonyl (C=O) groups excluding carboxylic acids is 5. The van der Waals surface area contributed by atoms with Crippen molar-refractivity contribution < 1.29 is 42.9 Å². The van der Waals surface area contributed by atoms with Crippen LogP contribution in [-0.2, 0) is 33.3 Å². The fourth-order valence-corrected chi connectivity index (χ4v) is 6.39. The number of anilines is 1. The van der Waals surface area contributed by atoms with Gasteiger partial charge in [0, 0.05) is 25.1 Å². The van der Waals surface area contributed by atoms with Gasteiger partial charge in [0.25, 0.3) is 11.8 Å². The highest BCUT2D eigenvalue weighted by atomic mass is 16.6. The molecule has 0 bridgehead atoms. The van der Waals surface area contributed by atoms with Crippen molar-refractivity contribution in [2.45, 2.75) is 129 Å². The van der Waals surface area contributed by atoms with Gasteiger partial charge in [0.15, 0.2) is 0 Å². The molecule has 12 heteroatoms. The largest absolute Gasteiger partial charge is 0.463 e. The minimum Gasteiger partial charge on any atom is -0.463 e. The molecule has 1 unspecified atom stereocenters. The molecule has 2 N–H and O–H groups in total. The molecule has 2 heterocycles. The van der Waals surface area contributed by atoms with Crippen LogP contribution in [0, 0.1) is 0 Å². The minimum atomic E-state index is -1.01. The molecule has 2 aliphatic rings. The fraction of sp³-hybridized carbons (Fsp3) is 0.718. The second kappa shape index (κ2) is 25.6. The van der Waals surface area contributed by atoms with Crippen molar-refractivity contribution in [1.82, 2.24) is 10.2 Å². The molecule has 1 aromatic carbocycles. The van der Waals surface area contributed by atoms with Gasteiger partial charge < -0.3 is 24.3 Å². The van der Waals surface area contributed by atoms with Crippen LogP contribution in [0.2, 0.25) is 0 Å². The second-order valence-electron chi connectivity index (χ2n) is 13.4. The number of ether oxygens (including phenoxy) is 4. The summed E-state index contributed by atoms with van der Waals surface area (Å²) in [6.45, 7) is 5.10. The molecule has 1 atom stereocenters. The molecule has 0 spiro atoms. The Morgan fingerprint density at radius 3 is 1.86 bits per heavy atom. The maximum atomic E-state index is 13.2. The first-order chi connectivity index (χ1) is 24.9. The Kier molecular flexibility index (Phi) is 21.1. The summed E-state index contributed by atoms with van der Waals surface area (Å²) < 4.78 is 21.8. The summed E-state index contributed by atoms with van der Waals surface area (Å²) in [4.78, 5) is 62.8. The lowest BCUT2D eigenvalue weighted by atomic mass is 10.0. The quantitative estimate of drug-likeness (QED) is 0.0524. The van der Waals surface area contributed by atoms with Crippen molar-refractivity contribution >= 4 is 35.3 Å². The number of rotatable bonds is 30. The standard InChI is InChI=1S/C39H61N3O9/c1-2-3-4-5-6-7-8-9-10-11-12-13-14-15-16-20-35(44)51-30-29-50-28-27-49-26-25-48-24-23-40-32-19-17-18-31-36(32)39(47)42(38(31)46)33-21-22-34(43)41-37(33)45/h17-19,33,40H,2-16,20-30H2,1H3,(H,41,43,45). The van der Waals surface area contributed by atoms with E-state index in [0.717, 1.165) is 17.7 Å². The Hall–Kier alpha value is -3.35. The Labute approximate surface area is 304 Å². The fourth-order valence-electron chi connectivity index (χ4n) is 6.39. The Morgan fingerprint density at radius 1 is 0.725 bits per heavy atom. The van der Waals surface area contributed by atoms with E-state index < -0.39 is 29.7 Å². The first-order valence-corrected chi connectivity index (χ1v) is 19.4. The number of amides is 4. The highest BCUT2D eigenvalue weighted by Gasteiger charge is 2.45. The lowest BCUT2D eigenvalue weighted by Gasteiger charge is -2.27. The van der Waals surface area contributed by atoms with Crippen LogP contribution in [0.5, 0.6) is 0 Å². The first kappa shape index (κ1) is 42.1. The van der Waals surface area contributed by atoms with Crippen LogP contribution >= 0.6 is 0 Å². The number of nitrogens with zero attached hydrogens (tertiary/aromatic N) is 1. The highest BCUT2D eigenvalue weighted by molar-refractivity contribution is 6.25. The van der Waals surface area contributed by atoms with Gasteiger partial charge in [-0.3, -0.25) is 34.2 Å². The molecule has 0 aromatic heterocycles. The summed E-state index contributed by atoms with van der Waals surface area (Å²) in [5.41, 5.74) is 0.915. The minimum absolute atomic E-state index is 0.0692. The van der Waals surface area contributed by atoms with E-state index in [9.17, 15) is 24.0 Å². The number of unbranched alkanes of at least 4 members (excludes halogenated alkanes) is 14. The van der Waals surface area contributed by atoms with Crippen molar-refractivity contribution in [2.24, 2.45) is 0 Å². The van der Waals surface area contributed by atoms with Gasteiger partial charge >= 0.3 is 5.97 Å². The third-order valence-corrected chi connectivity index (χ3v) is 9.25. The summed E-state index contributed by atoms with van der Waals surface area (Å²) in [6.07, 6.45) is 20.1. The van der Waals surface area contributed by atoms with E-state index in [0.29, 0.717) is 58.3 Å². The number of nitrogens with one attached hydrogen (secondary N) is 2. The average Bonchev–Trinajstić information content (AvgIpc) is 3.37. The molecule has 12 nitrogen and oxygen atoms in total. The predicted molar refractivity (Wildman–Crippen MR) is 195 cm³/mol. The summed E-state index contributed by atoms with van der Waals surface area (Å²) in [6, 6.07) is 3.92. The van der Waals surface area contributed by atoms with E-state index >= 15 is 0 Å². The van der Waals surface area contributed by atoms with Crippen LogP contribution in [0.4, 0.5) is 5.69 Å². The molecule has 1 aromatic rings. The smallest absolute Gasteiger partial charge is 0.305 e. The maximum absolute atomic E-state index is 13.2. The van der Waals surface area contributed by atoms with Gasteiger partial charge in [-0.25, -0.2) is 0 Å². The lowest BCUT2D eigenvalue weighted by molar-refractivity contribution is -0.145. The van der Waals surface area contributed by atoms with Gasteiger partial charge in [0.2, 0.25) is 11.8 Å². The maximum Gasteiger partial charge on any atom is 0.305 e. The molecule has 1 fully saturated rings. The Balaban J connectivity index is 1.08.